The van der Waals surface area contributed by atoms with Crippen LogP contribution in [0.25, 0.3) is 0 Å². The van der Waals surface area contributed by atoms with Gasteiger partial charge in [-0.05, 0) is 43.7 Å². The first-order chi connectivity index (χ1) is 10.4. The SMILES string of the molecule is CCCN(C(=O)c1cc(SC)ccc1C)C1CCS(=O)(=O)C1. The van der Waals surface area contributed by atoms with Gasteiger partial charge in [0.2, 0.25) is 0 Å². The molecule has 0 bridgehead atoms. The van der Waals surface area contributed by atoms with Crippen molar-refractivity contribution >= 4 is 27.5 Å². The fourth-order valence-electron chi connectivity index (χ4n) is 2.83. The molecule has 1 aromatic carbocycles. The molecule has 1 heterocycles. The Kier molecular flexibility index (Phi) is 5.55. The number of nitrogens with zero attached hydrogens (tertiary/aromatic N) is 1. The lowest BCUT2D eigenvalue weighted by atomic mass is 10.1. The van der Waals surface area contributed by atoms with E-state index in [-0.39, 0.29) is 23.5 Å². The second-order valence-corrected chi connectivity index (χ2v) is 8.84. The van der Waals surface area contributed by atoms with Gasteiger partial charge in [0.25, 0.3) is 5.91 Å². The Labute approximate surface area is 137 Å². The summed E-state index contributed by atoms with van der Waals surface area (Å²) in [5.74, 6) is 0.243. The maximum Gasteiger partial charge on any atom is 0.254 e. The van der Waals surface area contributed by atoms with E-state index in [4.69, 9.17) is 0 Å². The lowest BCUT2D eigenvalue weighted by Crippen LogP contribution is -2.41. The molecule has 1 aliphatic rings. The molecule has 1 atom stereocenters. The second kappa shape index (κ2) is 7.04. The third-order valence-electron chi connectivity index (χ3n) is 4.05. The molecule has 2 rings (SSSR count). The fourth-order valence-corrected chi connectivity index (χ4v) is 5.00. The van der Waals surface area contributed by atoms with Gasteiger partial charge in [-0.15, -0.1) is 11.8 Å². The summed E-state index contributed by atoms with van der Waals surface area (Å²) in [6.45, 7) is 4.53. The minimum atomic E-state index is -3.00. The molecule has 0 spiro atoms. The quantitative estimate of drug-likeness (QED) is 0.773. The molecule has 122 valence electrons. The summed E-state index contributed by atoms with van der Waals surface area (Å²) in [7, 11) is -3.00. The molecular weight excluding hydrogens is 318 g/mol. The highest BCUT2D eigenvalue weighted by molar-refractivity contribution is 7.98. The zero-order valence-electron chi connectivity index (χ0n) is 13.3. The van der Waals surface area contributed by atoms with E-state index in [1.165, 1.54) is 0 Å². The summed E-state index contributed by atoms with van der Waals surface area (Å²) >= 11 is 1.60. The highest BCUT2D eigenvalue weighted by Gasteiger charge is 2.34. The largest absolute Gasteiger partial charge is 0.335 e. The van der Waals surface area contributed by atoms with E-state index in [1.807, 2.05) is 38.3 Å². The molecule has 4 nitrogen and oxygen atoms in total. The summed E-state index contributed by atoms with van der Waals surface area (Å²) < 4.78 is 23.5. The summed E-state index contributed by atoms with van der Waals surface area (Å²) in [6.07, 6.45) is 3.35. The molecule has 0 saturated carbocycles. The van der Waals surface area contributed by atoms with Gasteiger partial charge in [-0.25, -0.2) is 8.42 Å². The molecule has 1 fully saturated rings. The zero-order chi connectivity index (χ0) is 16.3. The highest BCUT2D eigenvalue weighted by atomic mass is 32.2. The van der Waals surface area contributed by atoms with Gasteiger partial charge in [0, 0.05) is 23.0 Å². The number of benzene rings is 1. The Morgan fingerprint density at radius 3 is 2.68 bits per heavy atom. The average Bonchev–Trinajstić information content (AvgIpc) is 2.84. The van der Waals surface area contributed by atoms with Crippen molar-refractivity contribution in [3.05, 3.63) is 29.3 Å². The predicted octanol–water partition coefficient (Wildman–Crippen LogP) is 2.76. The number of thioether (sulfide) groups is 1. The average molecular weight is 341 g/mol. The van der Waals surface area contributed by atoms with E-state index in [0.717, 1.165) is 16.9 Å². The number of carbonyl (C=O) groups excluding carboxylic acids is 1. The van der Waals surface area contributed by atoms with E-state index >= 15 is 0 Å². The number of carbonyl (C=O) groups is 1. The minimum Gasteiger partial charge on any atom is -0.335 e. The predicted molar refractivity (Wildman–Crippen MR) is 91.3 cm³/mol. The van der Waals surface area contributed by atoms with Crippen molar-refractivity contribution < 1.29 is 13.2 Å². The molecule has 22 heavy (non-hydrogen) atoms. The van der Waals surface area contributed by atoms with Crippen LogP contribution in [0.5, 0.6) is 0 Å². The van der Waals surface area contributed by atoms with Crippen molar-refractivity contribution in [2.75, 3.05) is 24.3 Å². The van der Waals surface area contributed by atoms with Crippen molar-refractivity contribution in [1.82, 2.24) is 4.90 Å². The Hall–Kier alpha value is -1.01. The Bertz CT molecular complexity index is 655. The van der Waals surface area contributed by atoms with Crippen LogP contribution in [0.1, 0.15) is 35.7 Å². The van der Waals surface area contributed by atoms with Crippen LogP contribution in [0.15, 0.2) is 23.1 Å². The molecule has 1 unspecified atom stereocenters. The van der Waals surface area contributed by atoms with Gasteiger partial charge in [0.05, 0.1) is 11.5 Å². The Morgan fingerprint density at radius 2 is 2.14 bits per heavy atom. The minimum absolute atomic E-state index is 0.0441. The smallest absolute Gasteiger partial charge is 0.254 e. The molecule has 1 aliphatic heterocycles. The molecule has 0 aromatic heterocycles. The number of rotatable bonds is 5. The van der Waals surface area contributed by atoms with Crippen LogP contribution in [0.2, 0.25) is 0 Å². The Balaban J connectivity index is 2.30. The van der Waals surface area contributed by atoms with Crippen LogP contribution in [0.3, 0.4) is 0 Å². The van der Waals surface area contributed by atoms with Gasteiger partial charge in [0.15, 0.2) is 9.84 Å². The first-order valence-electron chi connectivity index (χ1n) is 7.54. The van der Waals surface area contributed by atoms with Crippen LogP contribution < -0.4 is 0 Å². The van der Waals surface area contributed by atoms with E-state index in [0.29, 0.717) is 18.5 Å². The van der Waals surface area contributed by atoms with E-state index in [1.54, 1.807) is 16.7 Å². The molecule has 0 radical (unpaired) electrons. The van der Waals surface area contributed by atoms with Crippen LogP contribution in [0.4, 0.5) is 0 Å². The van der Waals surface area contributed by atoms with Crippen molar-refractivity contribution in [2.45, 2.75) is 37.6 Å². The molecule has 6 heteroatoms. The van der Waals surface area contributed by atoms with Crippen molar-refractivity contribution in [3.63, 3.8) is 0 Å². The number of aryl methyl sites for hydroxylation is 1. The van der Waals surface area contributed by atoms with Crippen LogP contribution in [0, 0.1) is 6.92 Å². The lowest BCUT2D eigenvalue weighted by molar-refractivity contribution is 0.0696. The van der Waals surface area contributed by atoms with Gasteiger partial charge in [0.1, 0.15) is 0 Å². The summed E-state index contributed by atoms with van der Waals surface area (Å²) in [4.78, 5) is 15.8. The number of amides is 1. The van der Waals surface area contributed by atoms with E-state index in [2.05, 4.69) is 0 Å². The first kappa shape index (κ1) is 17.3. The van der Waals surface area contributed by atoms with Gasteiger partial charge >= 0.3 is 0 Å². The van der Waals surface area contributed by atoms with Crippen LogP contribution in [-0.2, 0) is 9.84 Å². The maximum atomic E-state index is 12.9. The number of hydrogen-bond acceptors (Lipinski definition) is 4. The standard InChI is InChI=1S/C16H23NO3S2/c1-4-8-17(13-7-9-22(19,20)11-13)16(18)15-10-14(21-3)6-5-12(15)2/h5-6,10,13H,4,7-9,11H2,1-3H3. The monoisotopic (exact) mass is 341 g/mol. The molecule has 1 amide bonds. The van der Waals surface area contributed by atoms with Gasteiger partial charge in [-0.1, -0.05) is 13.0 Å². The zero-order valence-corrected chi connectivity index (χ0v) is 15.0. The third kappa shape index (κ3) is 3.84. The highest BCUT2D eigenvalue weighted by Crippen LogP contribution is 2.24. The van der Waals surface area contributed by atoms with Crippen LogP contribution in [-0.4, -0.2) is 49.6 Å². The van der Waals surface area contributed by atoms with Gasteiger partial charge < -0.3 is 4.90 Å². The summed E-state index contributed by atoms with van der Waals surface area (Å²) in [5, 5.41) is 0. The molecule has 0 N–H and O–H groups in total. The Morgan fingerprint density at radius 1 is 1.41 bits per heavy atom. The van der Waals surface area contributed by atoms with Crippen LogP contribution >= 0.6 is 11.8 Å². The number of hydrogen-bond donors (Lipinski definition) is 0. The molecule has 1 aromatic rings. The van der Waals surface area contributed by atoms with E-state index in [9.17, 15) is 13.2 Å². The molecule has 1 saturated heterocycles. The van der Waals surface area contributed by atoms with E-state index < -0.39 is 9.84 Å². The van der Waals surface area contributed by atoms with Crippen molar-refractivity contribution in [2.24, 2.45) is 0 Å². The molecule has 0 aliphatic carbocycles. The summed E-state index contributed by atoms with van der Waals surface area (Å²) in [5.41, 5.74) is 1.62. The van der Waals surface area contributed by atoms with Crippen molar-refractivity contribution in [1.29, 1.82) is 0 Å². The number of sulfone groups is 1. The topological polar surface area (TPSA) is 54.5 Å². The maximum absolute atomic E-state index is 12.9. The first-order valence-corrected chi connectivity index (χ1v) is 10.6. The normalized spacial score (nSPS) is 20.0. The van der Waals surface area contributed by atoms with Gasteiger partial charge in [-0.3, -0.25) is 4.79 Å². The van der Waals surface area contributed by atoms with Crippen molar-refractivity contribution in [3.8, 4) is 0 Å². The fraction of sp³-hybridized carbons (Fsp3) is 0.562. The summed E-state index contributed by atoms with van der Waals surface area (Å²) in [6, 6.07) is 5.68. The molecular formula is C16H23NO3S2. The lowest BCUT2D eigenvalue weighted by Gasteiger charge is -2.28. The van der Waals surface area contributed by atoms with Gasteiger partial charge in [-0.2, -0.15) is 0 Å². The third-order valence-corrected chi connectivity index (χ3v) is 6.53. The second-order valence-electron chi connectivity index (χ2n) is 5.74.